The van der Waals surface area contributed by atoms with Gasteiger partial charge < -0.3 is 15.1 Å². The molecule has 1 heterocycles. The van der Waals surface area contributed by atoms with Crippen LogP contribution in [0, 0.1) is 13.8 Å². The van der Waals surface area contributed by atoms with Crippen molar-refractivity contribution in [1.29, 1.82) is 0 Å². The van der Waals surface area contributed by atoms with E-state index in [-0.39, 0.29) is 17.5 Å². The molecule has 3 amide bonds. The fourth-order valence-corrected chi connectivity index (χ4v) is 2.65. The second-order valence-corrected chi connectivity index (χ2v) is 7.28. The number of benzene rings is 1. The van der Waals surface area contributed by atoms with Crippen molar-refractivity contribution in [2.75, 3.05) is 26.2 Å². The summed E-state index contributed by atoms with van der Waals surface area (Å²) in [4.78, 5) is 28.5. The number of aryl methyl sites for hydroxylation is 2. The number of urea groups is 1. The smallest absolute Gasteiger partial charge is 0.317 e. The third-order valence-corrected chi connectivity index (χ3v) is 3.96. The largest absolute Gasteiger partial charge is 0.335 e. The van der Waals surface area contributed by atoms with E-state index >= 15 is 0 Å². The highest BCUT2D eigenvalue weighted by Gasteiger charge is 2.27. The fraction of sp³-hybridized carbons (Fsp3) is 0.556. The van der Waals surface area contributed by atoms with Crippen LogP contribution in [-0.2, 0) is 0 Å². The summed E-state index contributed by atoms with van der Waals surface area (Å²) < 4.78 is 0. The van der Waals surface area contributed by atoms with E-state index in [9.17, 15) is 9.59 Å². The molecule has 0 aliphatic carbocycles. The van der Waals surface area contributed by atoms with Crippen LogP contribution in [0.15, 0.2) is 18.2 Å². The molecule has 0 atom stereocenters. The molecule has 0 spiro atoms. The van der Waals surface area contributed by atoms with Crippen molar-refractivity contribution in [3.8, 4) is 0 Å². The minimum absolute atomic E-state index is 0.0575. The van der Waals surface area contributed by atoms with Gasteiger partial charge in [-0.15, -0.1) is 0 Å². The Morgan fingerprint density at radius 2 is 1.57 bits per heavy atom. The van der Waals surface area contributed by atoms with Crippen LogP contribution >= 0.6 is 0 Å². The van der Waals surface area contributed by atoms with Crippen LogP contribution < -0.4 is 5.32 Å². The van der Waals surface area contributed by atoms with Gasteiger partial charge in [0.1, 0.15) is 0 Å². The van der Waals surface area contributed by atoms with Gasteiger partial charge in [-0.1, -0.05) is 17.7 Å². The van der Waals surface area contributed by atoms with Crippen LogP contribution in [-0.4, -0.2) is 53.5 Å². The van der Waals surface area contributed by atoms with Gasteiger partial charge in [-0.05, 0) is 46.2 Å². The first-order valence-corrected chi connectivity index (χ1v) is 8.11. The van der Waals surface area contributed by atoms with Gasteiger partial charge in [0, 0.05) is 37.3 Å². The predicted octanol–water partition coefficient (Wildman–Crippen LogP) is 2.57. The zero-order valence-electron chi connectivity index (χ0n) is 14.8. The number of nitrogens with zero attached hydrogens (tertiary/aromatic N) is 2. The molecule has 23 heavy (non-hydrogen) atoms. The molecular formula is C18H27N3O2. The number of carbonyl (C=O) groups is 2. The number of piperazine rings is 1. The van der Waals surface area contributed by atoms with Gasteiger partial charge in [0.2, 0.25) is 0 Å². The molecule has 1 saturated heterocycles. The Labute approximate surface area is 138 Å². The lowest BCUT2D eigenvalue weighted by Gasteiger charge is -2.36. The van der Waals surface area contributed by atoms with Crippen molar-refractivity contribution < 1.29 is 9.59 Å². The van der Waals surface area contributed by atoms with Crippen molar-refractivity contribution in [3.05, 3.63) is 34.9 Å². The number of rotatable bonds is 1. The summed E-state index contributed by atoms with van der Waals surface area (Å²) >= 11 is 0. The van der Waals surface area contributed by atoms with Gasteiger partial charge >= 0.3 is 6.03 Å². The number of hydrogen-bond acceptors (Lipinski definition) is 2. The highest BCUT2D eigenvalue weighted by Crippen LogP contribution is 2.15. The third-order valence-electron chi connectivity index (χ3n) is 3.96. The summed E-state index contributed by atoms with van der Waals surface area (Å²) in [7, 11) is 0. The molecule has 0 aromatic heterocycles. The fourth-order valence-electron chi connectivity index (χ4n) is 2.65. The van der Waals surface area contributed by atoms with Gasteiger partial charge in [-0.3, -0.25) is 4.79 Å². The Morgan fingerprint density at radius 1 is 1.00 bits per heavy atom. The van der Waals surface area contributed by atoms with E-state index in [0.29, 0.717) is 26.2 Å². The molecule has 0 bridgehead atoms. The molecule has 1 N–H and O–H groups in total. The van der Waals surface area contributed by atoms with Crippen molar-refractivity contribution in [2.45, 2.75) is 40.2 Å². The molecule has 1 aliphatic rings. The molecule has 0 radical (unpaired) electrons. The Morgan fingerprint density at radius 3 is 2.13 bits per heavy atom. The van der Waals surface area contributed by atoms with Crippen LogP contribution in [0.5, 0.6) is 0 Å². The molecule has 1 aliphatic heterocycles. The van der Waals surface area contributed by atoms with E-state index in [2.05, 4.69) is 5.32 Å². The number of hydrogen-bond donors (Lipinski definition) is 1. The average Bonchev–Trinajstić information content (AvgIpc) is 2.47. The summed E-state index contributed by atoms with van der Waals surface area (Å²) in [6.07, 6.45) is 0. The van der Waals surface area contributed by atoms with Gasteiger partial charge in [0.05, 0.1) is 0 Å². The lowest BCUT2D eigenvalue weighted by molar-refractivity contribution is 0.0660. The maximum atomic E-state index is 12.7. The van der Waals surface area contributed by atoms with E-state index < -0.39 is 0 Å². The summed E-state index contributed by atoms with van der Waals surface area (Å²) in [5.41, 5.74) is 2.59. The van der Waals surface area contributed by atoms with Crippen LogP contribution in [0.2, 0.25) is 0 Å². The second kappa shape index (κ2) is 6.60. The minimum atomic E-state index is -0.247. The molecule has 126 valence electrons. The van der Waals surface area contributed by atoms with Gasteiger partial charge in [-0.25, -0.2) is 4.79 Å². The van der Waals surface area contributed by atoms with Crippen LogP contribution in [0.1, 0.15) is 42.3 Å². The van der Waals surface area contributed by atoms with Crippen molar-refractivity contribution in [3.63, 3.8) is 0 Å². The SMILES string of the molecule is Cc1ccc(C)c(C(=O)N2CCN(C(=O)NC(C)(C)C)CC2)c1. The van der Waals surface area contributed by atoms with Crippen LogP contribution in [0.4, 0.5) is 4.79 Å². The van der Waals surface area contributed by atoms with E-state index in [4.69, 9.17) is 0 Å². The third kappa shape index (κ3) is 4.47. The first kappa shape index (κ1) is 17.3. The molecule has 1 fully saturated rings. The second-order valence-electron chi connectivity index (χ2n) is 7.28. The summed E-state index contributed by atoms with van der Waals surface area (Å²) in [5.74, 6) is 0.0575. The summed E-state index contributed by atoms with van der Waals surface area (Å²) in [6.45, 7) is 12.1. The summed E-state index contributed by atoms with van der Waals surface area (Å²) in [6, 6.07) is 5.88. The Bertz CT molecular complexity index is 597. The lowest BCUT2D eigenvalue weighted by Crippen LogP contribution is -2.56. The molecule has 5 heteroatoms. The molecule has 5 nitrogen and oxygen atoms in total. The van der Waals surface area contributed by atoms with Gasteiger partial charge in [-0.2, -0.15) is 0 Å². The number of nitrogens with one attached hydrogen (secondary N) is 1. The molecule has 1 aromatic rings. The van der Waals surface area contributed by atoms with Crippen molar-refractivity contribution in [2.24, 2.45) is 0 Å². The molecule has 0 saturated carbocycles. The molecule has 0 unspecified atom stereocenters. The Balaban J connectivity index is 1.97. The number of carbonyl (C=O) groups excluding carboxylic acids is 2. The first-order valence-electron chi connectivity index (χ1n) is 8.11. The zero-order chi connectivity index (χ0) is 17.2. The minimum Gasteiger partial charge on any atom is -0.335 e. The maximum absolute atomic E-state index is 12.7. The van der Waals surface area contributed by atoms with Crippen LogP contribution in [0.25, 0.3) is 0 Å². The van der Waals surface area contributed by atoms with E-state index in [0.717, 1.165) is 16.7 Å². The zero-order valence-corrected chi connectivity index (χ0v) is 14.8. The molecular weight excluding hydrogens is 290 g/mol. The van der Waals surface area contributed by atoms with E-state index in [1.807, 2.05) is 57.7 Å². The highest BCUT2D eigenvalue weighted by atomic mass is 16.2. The molecule has 2 rings (SSSR count). The van der Waals surface area contributed by atoms with E-state index in [1.165, 1.54) is 0 Å². The molecule has 1 aromatic carbocycles. The standard InChI is InChI=1S/C18H27N3O2/c1-13-6-7-14(2)15(12-13)16(22)20-8-10-21(11-9-20)17(23)19-18(3,4)5/h6-7,12H,8-11H2,1-5H3,(H,19,23). The summed E-state index contributed by atoms with van der Waals surface area (Å²) in [5, 5.41) is 2.96. The number of amides is 3. The predicted molar refractivity (Wildman–Crippen MR) is 91.7 cm³/mol. The van der Waals surface area contributed by atoms with Crippen molar-refractivity contribution >= 4 is 11.9 Å². The van der Waals surface area contributed by atoms with Crippen LogP contribution in [0.3, 0.4) is 0 Å². The van der Waals surface area contributed by atoms with E-state index in [1.54, 1.807) is 4.90 Å². The van der Waals surface area contributed by atoms with Crippen molar-refractivity contribution in [1.82, 2.24) is 15.1 Å². The van der Waals surface area contributed by atoms with Gasteiger partial charge in [0.15, 0.2) is 0 Å². The monoisotopic (exact) mass is 317 g/mol. The highest BCUT2D eigenvalue weighted by molar-refractivity contribution is 5.96. The lowest BCUT2D eigenvalue weighted by atomic mass is 10.0. The normalized spacial score (nSPS) is 15.5. The van der Waals surface area contributed by atoms with Gasteiger partial charge in [0.25, 0.3) is 5.91 Å². The topological polar surface area (TPSA) is 52.7 Å². The first-order chi connectivity index (χ1) is 10.7. The Kier molecular flexibility index (Phi) is 4.97. The average molecular weight is 317 g/mol. The quantitative estimate of drug-likeness (QED) is 0.865. The Hall–Kier alpha value is -2.04. The maximum Gasteiger partial charge on any atom is 0.317 e.